The summed E-state index contributed by atoms with van der Waals surface area (Å²) in [5, 5.41) is 9.06. The van der Waals surface area contributed by atoms with E-state index in [-0.39, 0.29) is 17.0 Å². The first-order valence-corrected chi connectivity index (χ1v) is 10.6. The summed E-state index contributed by atoms with van der Waals surface area (Å²) < 4.78 is 5.56. The van der Waals surface area contributed by atoms with Crippen LogP contribution in [-0.2, 0) is 9.53 Å². The van der Waals surface area contributed by atoms with E-state index in [0.29, 0.717) is 25.2 Å². The maximum absolute atomic E-state index is 13.1. The van der Waals surface area contributed by atoms with Crippen LogP contribution >= 0.6 is 0 Å². The lowest BCUT2D eigenvalue weighted by atomic mass is 9.74. The maximum Gasteiger partial charge on any atom is 0.225 e. The summed E-state index contributed by atoms with van der Waals surface area (Å²) in [6, 6.07) is 5.92. The Hall–Kier alpha value is -2.13. The number of amides is 1. The number of pyridine rings is 1. The highest BCUT2D eigenvalue weighted by Crippen LogP contribution is 2.54. The van der Waals surface area contributed by atoms with Crippen molar-refractivity contribution in [2.45, 2.75) is 70.4 Å². The molecule has 2 fully saturated rings. The van der Waals surface area contributed by atoms with Gasteiger partial charge in [-0.2, -0.15) is 5.26 Å². The van der Waals surface area contributed by atoms with Gasteiger partial charge in [-0.1, -0.05) is 20.8 Å². The molecule has 0 saturated carbocycles. The predicted octanol–water partition coefficient (Wildman–Crippen LogP) is 3.51. The van der Waals surface area contributed by atoms with Crippen LogP contribution in [0.2, 0.25) is 0 Å². The second kappa shape index (κ2) is 8.48. The zero-order valence-corrected chi connectivity index (χ0v) is 17.4. The lowest BCUT2D eigenvalue weighted by molar-refractivity contribution is -0.137. The zero-order valence-electron chi connectivity index (χ0n) is 17.4. The number of nitriles is 1. The van der Waals surface area contributed by atoms with Crippen LogP contribution in [0.4, 0.5) is 5.82 Å². The van der Waals surface area contributed by atoms with Crippen LogP contribution in [0, 0.1) is 11.3 Å². The van der Waals surface area contributed by atoms with Crippen molar-refractivity contribution < 1.29 is 9.53 Å². The van der Waals surface area contributed by atoms with Gasteiger partial charge in [0.25, 0.3) is 0 Å². The average molecular weight is 385 g/mol. The van der Waals surface area contributed by atoms with E-state index >= 15 is 0 Å². The number of rotatable bonds is 8. The van der Waals surface area contributed by atoms with Crippen LogP contribution in [0.3, 0.4) is 0 Å². The Morgan fingerprint density at radius 3 is 2.54 bits per heavy atom. The van der Waals surface area contributed by atoms with E-state index < -0.39 is 0 Å². The van der Waals surface area contributed by atoms with E-state index in [1.807, 2.05) is 12.1 Å². The Morgan fingerprint density at radius 1 is 1.18 bits per heavy atom. The lowest BCUT2D eigenvalue weighted by Crippen LogP contribution is -2.60. The first-order chi connectivity index (χ1) is 13.6. The number of aromatic nitrogens is 1. The average Bonchev–Trinajstić information content (AvgIpc) is 3.23. The van der Waals surface area contributed by atoms with E-state index in [9.17, 15) is 4.79 Å². The smallest absolute Gasteiger partial charge is 0.225 e. The Bertz CT molecular complexity index is 729. The largest absolute Gasteiger partial charge is 0.381 e. The molecule has 0 aliphatic carbocycles. The Morgan fingerprint density at radius 2 is 1.93 bits per heavy atom. The lowest BCUT2D eigenvalue weighted by Gasteiger charge is -2.48. The normalized spacial score (nSPS) is 26.4. The minimum absolute atomic E-state index is 0.0944. The molecule has 6 heteroatoms. The van der Waals surface area contributed by atoms with E-state index in [2.05, 4.69) is 41.6 Å². The van der Waals surface area contributed by atoms with Crippen molar-refractivity contribution in [1.29, 1.82) is 5.26 Å². The van der Waals surface area contributed by atoms with Crippen LogP contribution in [0.15, 0.2) is 18.3 Å². The zero-order chi connectivity index (χ0) is 20.2. The van der Waals surface area contributed by atoms with Gasteiger partial charge in [-0.05, 0) is 44.2 Å². The van der Waals surface area contributed by atoms with Gasteiger partial charge in [0.15, 0.2) is 0 Å². The molecule has 0 N–H and O–H groups in total. The van der Waals surface area contributed by atoms with E-state index in [1.54, 1.807) is 6.20 Å². The van der Waals surface area contributed by atoms with E-state index in [0.717, 1.165) is 51.0 Å². The summed E-state index contributed by atoms with van der Waals surface area (Å²) >= 11 is 0. The maximum atomic E-state index is 13.1. The Labute approximate surface area is 168 Å². The fourth-order valence-electron chi connectivity index (χ4n) is 5.50. The Kier molecular flexibility index (Phi) is 6.24. The molecule has 0 unspecified atom stereocenters. The van der Waals surface area contributed by atoms with Gasteiger partial charge in [0.2, 0.25) is 5.91 Å². The van der Waals surface area contributed by atoms with Gasteiger partial charge in [-0.25, -0.2) is 4.98 Å². The van der Waals surface area contributed by atoms with Crippen molar-refractivity contribution in [3.63, 3.8) is 0 Å². The van der Waals surface area contributed by atoms with Gasteiger partial charge in [-0.15, -0.1) is 0 Å². The summed E-state index contributed by atoms with van der Waals surface area (Å²) in [5.41, 5.74) is 0.327. The number of hydrogen-bond acceptors (Lipinski definition) is 5. The first kappa shape index (κ1) is 20.6. The van der Waals surface area contributed by atoms with Crippen molar-refractivity contribution in [3.05, 3.63) is 23.9 Å². The number of nitrogens with zero attached hydrogens (tertiary/aromatic N) is 4. The molecule has 0 aromatic carbocycles. The quantitative estimate of drug-likeness (QED) is 0.642. The summed E-state index contributed by atoms with van der Waals surface area (Å²) in [4.78, 5) is 22.2. The molecular weight excluding hydrogens is 352 g/mol. The SMILES string of the molecule is CCCOCCC(=O)N1CC[C@@]2(CC)N(c3ccc(C#N)cn3)CC[C@@]12CC. The third-order valence-electron chi connectivity index (χ3n) is 6.83. The minimum atomic E-state index is -0.154. The van der Waals surface area contributed by atoms with Crippen LogP contribution in [0.1, 0.15) is 64.9 Å². The fourth-order valence-corrected chi connectivity index (χ4v) is 5.50. The fraction of sp³-hybridized carbons (Fsp3) is 0.682. The second-order valence-electron chi connectivity index (χ2n) is 7.85. The molecule has 0 radical (unpaired) electrons. The molecule has 28 heavy (non-hydrogen) atoms. The minimum Gasteiger partial charge on any atom is -0.381 e. The molecule has 1 aromatic rings. The second-order valence-corrected chi connectivity index (χ2v) is 7.85. The van der Waals surface area contributed by atoms with Gasteiger partial charge in [0.05, 0.1) is 29.7 Å². The molecule has 152 valence electrons. The molecule has 0 spiro atoms. The van der Waals surface area contributed by atoms with Crippen molar-refractivity contribution in [1.82, 2.24) is 9.88 Å². The number of ether oxygens (including phenoxy) is 1. The van der Waals surface area contributed by atoms with Crippen molar-refractivity contribution in [2.75, 3.05) is 31.2 Å². The molecule has 3 rings (SSSR count). The number of fused-ring (bicyclic) bond motifs is 1. The first-order valence-electron chi connectivity index (χ1n) is 10.6. The monoisotopic (exact) mass is 384 g/mol. The summed E-state index contributed by atoms with van der Waals surface area (Å²) in [6.07, 6.45) is 6.90. The van der Waals surface area contributed by atoms with Gasteiger partial charge < -0.3 is 14.5 Å². The van der Waals surface area contributed by atoms with Gasteiger partial charge in [0, 0.05) is 25.9 Å². The topological polar surface area (TPSA) is 69.5 Å². The van der Waals surface area contributed by atoms with Gasteiger partial charge in [-0.3, -0.25) is 4.79 Å². The molecule has 1 aromatic heterocycles. The van der Waals surface area contributed by atoms with E-state index in [1.165, 1.54) is 0 Å². The van der Waals surface area contributed by atoms with Crippen molar-refractivity contribution in [3.8, 4) is 6.07 Å². The van der Waals surface area contributed by atoms with Crippen LogP contribution in [0.5, 0.6) is 0 Å². The molecule has 2 aliphatic rings. The molecule has 0 bridgehead atoms. The molecule has 2 saturated heterocycles. The summed E-state index contributed by atoms with van der Waals surface area (Å²) in [6.45, 7) is 9.41. The summed E-state index contributed by atoms with van der Waals surface area (Å²) in [7, 11) is 0. The number of hydrogen-bond donors (Lipinski definition) is 0. The summed E-state index contributed by atoms with van der Waals surface area (Å²) in [5.74, 6) is 1.12. The number of carbonyl (C=O) groups excluding carboxylic acids is 1. The standard InChI is InChI=1S/C22H32N4O2/c1-4-14-28-15-9-20(27)26-13-11-21(5-2)22(26,6-3)10-12-25(21)19-8-7-18(16-23)17-24-19/h7-8,17H,4-6,9-15H2,1-3H3/t21-,22-/m1/s1. The van der Waals surface area contributed by atoms with Crippen LogP contribution < -0.4 is 4.90 Å². The molecule has 1 amide bonds. The highest BCUT2D eigenvalue weighted by atomic mass is 16.5. The highest BCUT2D eigenvalue weighted by Gasteiger charge is 2.64. The van der Waals surface area contributed by atoms with Crippen molar-refractivity contribution >= 4 is 11.7 Å². The Balaban J connectivity index is 1.85. The molecule has 6 nitrogen and oxygen atoms in total. The predicted molar refractivity (Wildman–Crippen MR) is 109 cm³/mol. The van der Waals surface area contributed by atoms with Gasteiger partial charge in [0.1, 0.15) is 11.9 Å². The number of carbonyl (C=O) groups is 1. The van der Waals surface area contributed by atoms with Gasteiger partial charge >= 0.3 is 0 Å². The molecule has 2 atom stereocenters. The number of likely N-dealkylation sites (tertiary alicyclic amines) is 1. The number of anilines is 1. The molecular formula is C22H32N4O2. The van der Waals surface area contributed by atoms with Crippen molar-refractivity contribution in [2.24, 2.45) is 0 Å². The third kappa shape index (κ3) is 3.16. The highest BCUT2D eigenvalue weighted by molar-refractivity contribution is 5.78. The molecule has 2 aliphatic heterocycles. The van der Waals surface area contributed by atoms with E-state index in [4.69, 9.17) is 10.00 Å². The third-order valence-corrected chi connectivity index (χ3v) is 6.83. The molecule has 3 heterocycles. The van der Waals surface area contributed by atoms with Crippen LogP contribution in [0.25, 0.3) is 0 Å². The van der Waals surface area contributed by atoms with Crippen LogP contribution in [-0.4, -0.2) is 53.2 Å².